The van der Waals surface area contributed by atoms with Crippen LogP contribution in [0.25, 0.3) is 0 Å². The summed E-state index contributed by atoms with van der Waals surface area (Å²) >= 11 is 1.14. The summed E-state index contributed by atoms with van der Waals surface area (Å²) in [6, 6.07) is 1.78. The van der Waals surface area contributed by atoms with E-state index < -0.39 is 0 Å². The van der Waals surface area contributed by atoms with Crippen molar-refractivity contribution in [1.29, 1.82) is 0 Å². The van der Waals surface area contributed by atoms with Crippen molar-refractivity contribution in [1.82, 2.24) is 4.90 Å². The fourth-order valence-corrected chi connectivity index (χ4v) is 3.84. The molecule has 3 rings (SSSR count). The Morgan fingerprint density at radius 3 is 2.86 bits per heavy atom. The van der Waals surface area contributed by atoms with Crippen molar-refractivity contribution in [2.24, 2.45) is 5.92 Å². The van der Waals surface area contributed by atoms with Crippen LogP contribution in [0.15, 0.2) is 11.4 Å². The molecular weight excluding hydrogens is 306 g/mol. The van der Waals surface area contributed by atoms with Crippen molar-refractivity contribution in [2.75, 3.05) is 44.3 Å². The smallest absolute Gasteiger partial charge is 0.347 e. The minimum absolute atomic E-state index is 0.0774. The lowest BCUT2D eigenvalue weighted by atomic mass is 9.96. The number of amides is 1. The van der Waals surface area contributed by atoms with Crippen LogP contribution in [0.5, 0.6) is 0 Å². The summed E-state index contributed by atoms with van der Waals surface area (Å²) in [4.78, 5) is 27.2. The fraction of sp³-hybridized carbons (Fsp3) is 0.643. The molecule has 1 aromatic heterocycles. The third kappa shape index (κ3) is 3.07. The Balaban J connectivity index is 1.69. The zero-order valence-electron chi connectivity index (χ0n) is 12.3. The molecule has 3 heterocycles. The average molecular weight is 325 g/mol. The van der Waals surface area contributed by atoms with E-state index in [-0.39, 0.29) is 21.7 Å². The molecule has 2 fully saturated rings. The van der Waals surface area contributed by atoms with Gasteiger partial charge in [-0.1, -0.05) is 11.3 Å². The molecule has 1 atom stereocenters. The number of ether oxygens (including phenoxy) is 1. The molecule has 120 valence electrons. The number of morpholine rings is 1. The maximum Gasteiger partial charge on any atom is 0.347 e. The van der Waals surface area contributed by atoms with Gasteiger partial charge in [-0.15, -0.1) is 0 Å². The van der Waals surface area contributed by atoms with Gasteiger partial charge in [0.1, 0.15) is 5.69 Å². The van der Waals surface area contributed by atoms with Gasteiger partial charge in [-0.3, -0.25) is 14.9 Å². The van der Waals surface area contributed by atoms with Crippen LogP contribution in [-0.2, 0) is 9.53 Å². The Morgan fingerprint density at radius 2 is 2.14 bits per heavy atom. The van der Waals surface area contributed by atoms with Crippen molar-refractivity contribution < 1.29 is 14.5 Å². The largest absolute Gasteiger partial charge is 0.378 e. The SMILES string of the molecule is O=C(C1CCCN(c2ccsc2[N+](=O)[O-])C1)N1CCOCC1. The Morgan fingerprint density at radius 1 is 1.36 bits per heavy atom. The monoisotopic (exact) mass is 325 g/mol. The third-order valence-corrected chi connectivity index (χ3v) is 5.08. The average Bonchev–Trinajstić information content (AvgIpc) is 3.05. The van der Waals surface area contributed by atoms with Crippen molar-refractivity contribution in [3.8, 4) is 0 Å². The Bertz CT molecular complexity index is 556. The first-order chi connectivity index (χ1) is 10.7. The molecular formula is C14H19N3O4S. The van der Waals surface area contributed by atoms with Crippen molar-refractivity contribution in [3.05, 3.63) is 21.6 Å². The first-order valence-corrected chi connectivity index (χ1v) is 8.38. The topological polar surface area (TPSA) is 75.9 Å². The molecule has 0 aromatic carbocycles. The number of hydrogen-bond acceptors (Lipinski definition) is 6. The van der Waals surface area contributed by atoms with Crippen molar-refractivity contribution >= 4 is 27.9 Å². The van der Waals surface area contributed by atoms with Gasteiger partial charge in [0, 0.05) is 26.2 Å². The Hall–Kier alpha value is -1.67. The fourth-order valence-electron chi connectivity index (χ4n) is 3.11. The highest BCUT2D eigenvalue weighted by Crippen LogP contribution is 2.36. The minimum Gasteiger partial charge on any atom is -0.378 e. The van der Waals surface area contributed by atoms with Gasteiger partial charge in [-0.05, 0) is 24.3 Å². The molecule has 2 aliphatic heterocycles. The molecule has 0 aliphatic carbocycles. The first-order valence-electron chi connectivity index (χ1n) is 7.50. The van der Waals surface area contributed by atoms with E-state index in [2.05, 4.69) is 0 Å². The second-order valence-electron chi connectivity index (χ2n) is 5.59. The number of rotatable bonds is 3. The van der Waals surface area contributed by atoms with E-state index in [1.807, 2.05) is 9.80 Å². The lowest BCUT2D eigenvalue weighted by Crippen LogP contribution is -2.48. The molecule has 0 bridgehead atoms. The summed E-state index contributed by atoms with van der Waals surface area (Å²) in [5.74, 6) is 0.0808. The first kappa shape index (κ1) is 15.2. The number of piperidine rings is 1. The molecule has 1 amide bonds. The van der Waals surface area contributed by atoms with Gasteiger partial charge in [0.15, 0.2) is 0 Å². The maximum atomic E-state index is 12.6. The summed E-state index contributed by atoms with van der Waals surface area (Å²) < 4.78 is 5.28. The summed E-state index contributed by atoms with van der Waals surface area (Å²) in [6.45, 7) is 3.82. The number of nitrogens with zero attached hydrogens (tertiary/aromatic N) is 3. The molecule has 7 nitrogen and oxygen atoms in total. The summed E-state index contributed by atoms with van der Waals surface area (Å²) in [5, 5.41) is 13.0. The van der Waals surface area contributed by atoms with E-state index in [4.69, 9.17) is 4.74 Å². The molecule has 0 N–H and O–H groups in total. The second-order valence-corrected chi connectivity index (χ2v) is 6.49. The normalized spacial score (nSPS) is 22.6. The zero-order valence-corrected chi connectivity index (χ0v) is 13.1. The molecule has 2 aliphatic rings. The molecule has 1 unspecified atom stereocenters. The quantitative estimate of drug-likeness (QED) is 0.625. The number of carbonyl (C=O) groups is 1. The van der Waals surface area contributed by atoms with Crippen LogP contribution in [0.4, 0.5) is 10.7 Å². The van der Waals surface area contributed by atoms with E-state index in [9.17, 15) is 14.9 Å². The van der Waals surface area contributed by atoms with E-state index in [1.54, 1.807) is 11.4 Å². The van der Waals surface area contributed by atoms with Gasteiger partial charge in [0.2, 0.25) is 5.91 Å². The van der Waals surface area contributed by atoms with Crippen LogP contribution in [-0.4, -0.2) is 55.1 Å². The van der Waals surface area contributed by atoms with Crippen LogP contribution in [0.2, 0.25) is 0 Å². The number of nitro groups is 1. The second kappa shape index (κ2) is 6.62. The predicted molar refractivity (Wildman–Crippen MR) is 83.3 cm³/mol. The third-order valence-electron chi connectivity index (χ3n) is 4.22. The molecule has 2 saturated heterocycles. The number of carbonyl (C=O) groups excluding carboxylic acids is 1. The standard InChI is InChI=1S/C14H19N3O4S/c18-13(15-5-7-21-8-6-15)11-2-1-4-16(10-11)12-3-9-22-14(12)17(19)20/h3,9,11H,1-2,4-8,10H2. The predicted octanol–water partition coefficient (Wildman–Crippen LogP) is 1.73. The maximum absolute atomic E-state index is 12.6. The van der Waals surface area contributed by atoms with Crippen LogP contribution < -0.4 is 4.90 Å². The van der Waals surface area contributed by atoms with Gasteiger partial charge >= 0.3 is 5.00 Å². The molecule has 22 heavy (non-hydrogen) atoms. The Labute approximate surface area is 132 Å². The number of anilines is 1. The van der Waals surface area contributed by atoms with Crippen LogP contribution in [0.1, 0.15) is 12.8 Å². The highest BCUT2D eigenvalue weighted by Gasteiger charge is 2.32. The zero-order chi connectivity index (χ0) is 15.5. The summed E-state index contributed by atoms with van der Waals surface area (Å²) in [7, 11) is 0. The van der Waals surface area contributed by atoms with Crippen molar-refractivity contribution in [2.45, 2.75) is 12.8 Å². The molecule has 0 radical (unpaired) electrons. The highest BCUT2D eigenvalue weighted by molar-refractivity contribution is 7.14. The molecule has 0 saturated carbocycles. The van der Waals surface area contributed by atoms with E-state index in [0.29, 0.717) is 38.5 Å². The van der Waals surface area contributed by atoms with Gasteiger partial charge in [-0.25, -0.2) is 0 Å². The summed E-state index contributed by atoms with van der Waals surface area (Å²) in [6.07, 6.45) is 1.73. The van der Waals surface area contributed by atoms with Crippen LogP contribution in [0.3, 0.4) is 0 Å². The van der Waals surface area contributed by atoms with Gasteiger partial charge in [-0.2, -0.15) is 0 Å². The summed E-state index contributed by atoms with van der Waals surface area (Å²) in [5.41, 5.74) is 0.648. The van der Waals surface area contributed by atoms with Crippen molar-refractivity contribution in [3.63, 3.8) is 0 Å². The number of thiophene rings is 1. The Kier molecular flexibility index (Phi) is 4.58. The van der Waals surface area contributed by atoms with Crippen LogP contribution in [0, 0.1) is 16.0 Å². The highest BCUT2D eigenvalue weighted by atomic mass is 32.1. The van der Waals surface area contributed by atoms with Gasteiger partial charge in [0.05, 0.1) is 24.1 Å². The molecule has 8 heteroatoms. The lowest BCUT2D eigenvalue weighted by molar-refractivity contribution is -0.379. The molecule has 0 spiro atoms. The molecule has 1 aromatic rings. The van der Waals surface area contributed by atoms with E-state index in [1.165, 1.54) is 0 Å². The van der Waals surface area contributed by atoms with Gasteiger partial charge < -0.3 is 14.5 Å². The lowest BCUT2D eigenvalue weighted by Gasteiger charge is -2.36. The van der Waals surface area contributed by atoms with E-state index in [0.717, 1.165) is 30.7 Å². The minimum atomic E-state index is -0.340. The van der Waals surface area contributed by atoms with Gasteiger partial charge in [0.25, 0.3) is 0 Å². The van der Waals surface area contributed by atoms with E-state index >= 15 is 0 Å². The van der Waals surface area contributed by atoms with Crippen LogP contribution >= 0.6 is 11.3 Å². The number of hydrogen-bond donors (Lipinski definition) is 0.